The van der Waals surface area contributed by atoms with Crippen molar-refractivity contribution >= 4 is 34.6 Å². The number of nitrogens with zero attached hydrogens (tertiary/aromatic N) is 3. The van der Waals surface area contributed by atoms with Gasteiger partial charge in [-0.2, -0.15) is 0 Å². The number of hydrogen-bond acceptors (Lipinski definition) is 9. The lowest BCUT2D eigenvalue weighted by Gasteiger charge is -2.36. The van der Waals surface area contributed by atoms with Crippen molar-refractivity contribution in [1.82, 2.24) is 0 Å². The first-order valence-electron chi connectivity index (χ1n) is 18.5. The quantitative estimate of drug-likeness (QED) is 0.126. The molecule has 0 bridgehead atoms. The van der Waals surface area contributed by atoms with E-state index in [1.54, 1.807) is 38.4 Å². The fourth-order valence-corrected chi connectivity index (χ4v) is 7.47. The van der Waals surface area contributed by atoms with Gasteiger partial charge in [-0.25, -0.2) is 0 Å². The number of carbonyl (C=O) groups is 2. The lowest BCUT2D eigenvalue weighted by Crippen LogP contribution is -2.57. The first-order chi connectivity index (χ1) is 27.3. The standard InChI is InChI=1S/C45H45N5O6/c1-53-36-24-32-34(26-38(36)55-3)47-43(51)42(48-40(32)30-18-10-6-11-19-30)45(22-14-15-23-46)44(52)50(28-29-16-8-5-9-17-29)35-27-39(56-4)37(54-2)25-33(35)41(49-45)31-20-12-7-13-21-31/h5-13,16-21,24-27,42H,14-15,22-23,28,46H2,1-4H3,(H,47,51)/t42?,45-/m0/s1. The van der Waals surface area contributed by atoms with Crippen molar-refractivity contribution in [1.29, 1.82) is 0 Å². The second kappa shape index (κ2) is 16.5. The number of nitrogens with one attached hydrogen (secondary N) is 1. The minimum absolute atomic E-state index is 0.166. The molecule has 11 heteroatoms. The lowest BCUT2D eigenvalue weighted by atomic mass is 9.82. The summed E-state index contributed by atoms with van der Waals surface area (Å²) in [5.74, 6) is 0.903. The Morgan fingerprint density at radius 3 is 1.80 bits per heavy atom. The lowest BCUT2D eigenvalue weighted by molar-refractivity contribution is -0.129. The third-order valence-electron chi connectivity index (χ3n) is 10.3. The normalized spacial score (nSPS) is 17.7. The molecule has 0 saturated heterocycles. The molecule has 2 aliphatic heterocycles. The molecule has 2 atom stereocenters. The zero-order valence-electron chi connectivity index (χ0n) is 32.0. The van der Waals surface area contributed by atoms with Gasteiger partial charge in [-0.05, 0) is 43.5 Å². The number of hydrogen-bond donors (Lipinski definition) is 2. The van der Waals surface area contributed by atoms with Crippen LogP contribution in [0.1, 0.15) is 47.1 Å². The largest absolute Gasteiger partial charge is 0.493 e. The number of benzene rings is 5. The molecule has 1 unspecified atom stereocenters. The van der Waals surface area contributed by atoms with Crippen LogP contribution in [0.2, 0.25) is 0 Å². The van der Waals surface area contributed by atoms with Crippen LogP contribution in [0, 0.1) is 0 Å². The molecule has 286 valence electrons. The van der Waals surface area contributed by atoms with E-state index in [1.807, 2.05) is 103 Å². The molecule has 5 aromatic rings. The maximum Gasteiger partial charge on any atom is 0.258 e. The van der Waals surface area contributed by atoms with E-state index in [0.29, 0.717) is 76.3 Å². The van der Waals surface area contributed by atoms with Gasteiger partial charge in [0.2, 0.25) is 0 Å². The number of carbonyl (C=O) groups excluding carboxylic acids is 2. The minimum atomic E-state index is -1.77. The molecule has 0 spiro atoms. The number of methoxy groups -OCH3 is 4. The summed E-state index contributed by atoms with van der Waals surface area (Å²) in [6.45, 7) is 0.568. The van der Waals surface area contributed by atoms with Crippen LogP contribution in [0.3, 0.4) is 0 Å². The zero-order chi connectivity index (χ0) is 39.2. The fraction of sp³-hybridized carbons (Fsp3) is 0.244. The van der Waals surface area contributed by atoms with Crippen LogP contribution in [-0.4, -0.2) is 69.8 Å². The summed E-state index contributed by atoms with van der Waals surface area (Å²) >= 11 is 0. The second-order valence-corrected chi connectivity index (χ2v) is 13.6. The molecule has 0 radical (unpaired) electrons. The molecule has 11 nitrogen and oxygen atoms in total. The summed E-state index contributed by atoms with van der Waals surface area (Å²) in [7, 11) is 6.23. The van der Waals surface area contributed by atoms with Gasteiger partial charge in [-0.3, -0.25) is 19.6 Å². The Labute approximate surface area is 326 Å². The predicted octanol–water partition coefficient (Wildman–Crippen LogP) is 6.83. The molecule has 2 amide bonds. The summed E-state index contributed by atoms with van der Waals surface area (Å²) in [4.78, 5) is 43.7. The van der Waals surface area contributed by atoms with Crippen LogP contribution < -0.4 is 34.9 Å². The minimum Gasteiger partial charge on any atom is -0.493 e. The van der Waals surface area contributed by atoms with E-state index < -0.39 is 23.4 Å². The van der Waals surface area contributed by atoms with Gasteiger partial charge in [0.25, 0.3) is 11.8 Å². The molecule has 2 aliphatic rings. The maximum atomic E-state index is 16.1. The molecule has 0 saturated carbocycles. The highest BCUT2D eigenvalue weighted by Crippen LogP contribution is 2.45. The van der Waals surface area contributed by atoms with Gasteiger partial charge < -0.3 is 34.9 Å². The number of unbranched alkanes of at least 4 members (excludes halogenated alkanes) is 1. The molecule has 56 heavy (non-hydrogen) atoms. The Morgan fingerprint density at radius 2 is 1.21 bits per heavy atom. The number of rotatable bonds is 13. The van der Waals surface area contributed by atoms with Gasteiger partial charge in [0.05, 0.1) is 57.8 Å². The van der Waals surface area contributed by atoms with Crippen molar-refractivity contribution in [2.24, 2.45) is 15.7 Å². The number of anilines is 2. The summed E-state index contributed by atoms with van der Waals surface area (Å²) < 4.78 is 23.0. The van der Waals surface area contributed by atoms with Crippen LogP contribution in [0.15, 0.2) is 125 Å². The van der Waals surface area contributed by atoms with Crippen molar-refractivity contribution in [3.63, 3.8) is 0 Å². The van der Waals surface area contributed by atoms with E-state index in [2.05, 4.69) is 5.32 Å². The molecule has 0 fully saturated rings. The predicted molar refractivity (Wildman–Crippen MR) is 219 cm³/mol. The Kier molecular flexibility index (Phi) is 11.1. The highest BCUT2D eigenvalue weighted by molar-refractivity contribution is 6.24. The zero-order valence-corrected chi connectivity index (χ0v) is 32.0. The summed E-state index contributed by atoms with van der Waals surface area (Å²) in [6, 6.07) is 34.8. The van der Waals surface area contributed by atoms with Gasteiger partial charge in [0.15, 0.2) is 34.6 Å². The van der Waals surface area contributed by atoms with E-state index in [9.17, 15) is 0 Å². The summed E-state index contributed by atoms with van der Waals surface area (Å²) in [6.07, 6.45) is 1.25. The third kappa shape index (κ3) is 7.09. The molecule has 3 N–H and O–H groups in total. The number of benzodiazepines with no additional fused rings is 2. The number of aliphatic imine (C=N–C) groups is 2. The third-order valence-corrected chi connectivity index (χ3v) is 10.3. The fourth-order valence-electron chi connectivity index (χ4n) is 7.47. The monoisotopic (exact) mass is 751 g/mol. The smallest absolute Gasteiger partial charge is 0.258 e. The van der Waals surface area contributed by atoms with Gasteiger partial charge in [-0.1, -0.05) is 91.0 Å². The van der Waals surface area contributed by atoms with Crippen molar-refractivity contribution < 1.29 is 28.5 Å². The SMILES string of the molecule is COc1cc2c(cc1OC)C(c1ccccc1)=NC([C@]1(CCCCN)N=C(c3ccccc3)c3cc(OC)c(OC)cc3N(Cc3ccccc3)C1=O)C(=O)N2. The van der Waals surface area contributed by atoms with Crippen LogP contribution in [-0.2, 0) is 16.1 Å². The van der Waals surface area contributed by atoms with Crippen LogP contribution >= 0.6 is 0 Å². The molecule has 7 rings (SSSR count). The second-order valence-electron chi connectivity index (χ2n) is 13.6. The number of amides is 2. The van der Waals surface area contributed by atoms with Gasteiger partial charge >= 0.3 is 0 Å². The summed E-state index contributed by atoms with van der Waals surface area (Å²) in [5.41, 5.74) is 9.94. The van der Waals surface area contributed by atoms with Crippen molar-refractivity contribution in [2.75, 3.05) is 45.2 Å². The topological polar surface area (TPSA) is 137 Å². The molecule has 0 aliphatic carbocycles. The van der Waals surface area contributed by atoms with Crippen molar-refractivity contribution in [3.8, 4) is 23.0 Å². The van der Waals surface area contributed by atoms with E-state index in [0.717, 1.165) is 16.7 Å². The maximum absolute atomic E-state index is 16.1. The number of ether oxygens (including phenoxy) is 4. The van der Waals surface area contributed by atoms with E-state index in [-0.39, 0.29) is 13.0 Å². The van der Waals surface area contributed by atoms with Gasteiger partial charge in [0.1, 0.15) is 0 Å². The Morgan fingerprint density at radius 1 is 0.679 bits per heavy atom. The van der Waals surface area contributed by atoms with Crippen LogP contribution in [0.25, 0.3) is 0 Å². The molecule has 5 aromatic carbocycles. The Hall–Kier alpha value is -6.46. The van der Waals surface area contributed by atoms with E-state index in [1.165, 1.54) is 7.11 Å². The highest BCUT2D eigenvalue weighted by Gasteiger charge is 2.54. The van der Waals surface area contributed by atoms with Crippen molar-refractivity contribution in [3.05, 3.63) is 143 Å². The first kappa shape index (κ1) is 37.8. The average Bonchev–Trinajstić information content (AvgIpc) is 3.44. The number of nitrogens with two attached hydrogens (primary N) is 1. The van der Waals surface area contributed by atoms with E-state index >= 15 is 9.59 Å². The van der Waals surface area contributed by atoms with Crippen LogP contribution in [0.4, 0.5) is 11.4 Å². The summed E-state index contributed by atoms with van der Waals surface area (Å²) in [5, 5.41) is 3.13. The Balaban J connectivity index is 1.57. The van der Waals surface area contributed by atoms with E-state index in [4.69, 9.17) is 34.7 Å². The molecule has 0 aromatic heterocycles. The van der Waals surface area contributed by atoms with Crippen LogP contribution in [0.5, 0.6) is 23.0 Å². The van der Waals surface area contributed by atoms with Gasteiger partial charge in [-0.15, -0.1) is 0 Å². The molecule has 2 heterocycles. The van der Waals surface area contributed by atoms with Gasteiger partial charge in [0, 0.05) is 34.4 Å². The molecular weight excluding hydrogens is 707 g/mol. The highest BCUT2D eigenvalue weighted by atomic mass is 16.5. The number of fused-ring (bicyclic) bond motifs is 2. The molecular formula is C45H45N5O6. The van der Waals surface area contributed by atoms with Crippen molar-refractivity contribution in [2.45, 2.75) is 37.4 Å². The Bertz CT molecular complexity index is 2280. The first-order valence-corrected chi connectivity index (χ1v) is 18.5. The average molecular weight is 752 g/mol.